The lowest BCUT2D eigenvalue weighted by Gasteiger charge is -2.36. The standard InChI is InChI=1S/C20H22N2O4/c1-12-4-5-15-16(10-13(2)21-17(15)14(12)3)18(23)22-8-6-20(7-9-22)11-25-19(24)26-20/h4-5,10H,6-9,11H2,1-3H3. The molecule has 136 valence electrons. The highest BCUT2D eigenvalue weighted by molar-refractivity contribution is 6.07. The number of carbonyl (C=O) groups excluding carboxylic acids is 2. The van der Waals surface area contributed by atoms with Gasteiger partial charge in [0.05, 0.1) is 11.1 Å². The van der Waals surface area contributed by atoms with E-state index in [-0.39, 0.29) is 12.5 Å². The number of hydrogen-bond donors (Lipinski definition) is 0. The zero-order valence-corrected chi connectivity index (χ0v) is 15.3. The smallest absolute Gasteiger partial charge is 0.430 e. The highest BCUT2D eigenvalue weighted by atomic mass is 16.8. The molecule has 2 aromatic rings. The third-order valence-corrected chi connectivity index (χ3v) is 5.58. The summed E-state index contributed by atoms with van der Waals surface area (Å²) in [6.07, 6.45) is 0.598. The summed E-state index contributed by atoms with van der Waals surface area (Å²) in [5.74, 6) is 0.00356. The van der Waals surface area contributed by atoms with Gasteiger partial charge in [0.15, 0.2) is 5.60 Å². The summed E-state index contributed by atoms with van der Waals surface area (Å²) in [5, 5.41) is 0.889. The number of nitrogens with zero attached hydrogens (tertiary/aromatic N) is 2. The second-order valence-corrected chi connectivity index (χ2v) is 7.33. The lowest BCUT2D eigenvalue weighted by Crippen LogP contribution is -2.48. The Morgan fingerprint density at radius 2 is 1.92 bits per heavy atom. The van der Waals surface area contributed by atoms with Crippen LogP contribution in [0.25, 0.3) is 10.9 Å². The average molecular weight is 354 g/mol. The first kappa shape index (κ1) is 16.8. The monoisotopic (exact) mass is 354 g/mol. The second-order valence-electron chi connectivity index (χ2n) is 7.33. The van der Waals surface area contributed by atoms with Crippen molar-refractivity contribution >= 4 is 23.0 Å². The molecule has 6 nitrogen and oxygen atoms in total. The molecule has 2 aliphatic rings. The molecule has 1 aromatic heterocycles. The van der Waals surface area contributed by atoms with Gasteiger partial charge in [-0.3, -0.25) is 9.78 Å². The van der Waals surface area contributed by atoms with Gasteiger partial charge in [-0.1, -0.05) is 12.1 Å². The summed E-state index contributed by atoms with van der Waals surface area (Å²) in [6.45, 7) is 7.38. The van der Waals surface area contributed by atoms with E-state index in [2.05, 4.69) is 11.9 Å². The van der Waals surface area contributed by atoms with Crippen LogP contribution >= 0.6 is 0 Å². The Bertz CT molecular complexity index is 914. The number of aromatic nitrogens is 1. The molecule has 1 aromatic carbocycles. The van der Waals surface area contributed by atoms with Gasteiger partial charge in [0.2, 0.25) is 0 Å². The van der Waals surface area contributed by atoms with Gasteiger partial charge in [0.1, 0.15) is 6.61 Å². The predicted molar refractivity (Wildman–Crippen MR) is 96.3 cm³/mol. The van der Waals surface area contributed by atoms with Crippen molar-refractivity contribution in [3.8, 4) is 0 Å². The number of cyclic esters (lactones) is 1. The van der Waals surface area contributed by atoms with Crippen molar-refractivity contribution in [1.82, 2.24) is 9.88 Å². The molecule has 0 N–H and O–H groups in total. The fraction of sp³-hybridized carbons (Fsp3) is 0.450. The van der Waals surface area contributed by atoms with E-state index >= 15 is 0 Å². The Morgan fingerprint density at radius 3 is 2.58 bits per heavy atom. The van der Waals surface area contributed by atoms with Gasteiger partial charge in [-0.05, 0) is 38.0 Å². The van der Waals surface area contributed by atoms with Crippen LogP contribution in [0.1, 0.15) is 40.0 Å². The lowest BCUT2D eigenvalue weighted by atomic mass is 9.91. The summed E-state index contributed by atoms with van der Waals surface area (Å²) >= 11 is 0. The topological polar surface area (TPSA) is 68.7 Å². The number of likely N-dealkylation sites (tertiary alicyclic amines) is 1. The highest BCUT2D eigenvalue weighted by Crippen LogP contribution is 2.33. The number of benzene rings is 1. The van der Waals surface area contributed by atoms with Gasteiger partial charge in [0.25, 0.3) is 5.91 Å². The third-order valence-electron chi connectivity index (χ3n) is 5.58. The molecule has 3 heterocycles. The van der Waals surface area contributed by atoms with Crippen molar-refractivity contribution in [1.29, 1.82) is 0 Å². The molecule has 1 amide bonds. The molecular weight excluding hydrogens is 332 g/mol. The molecule has 0 atom stereocenters. The average Bonchev–Trinajstić information content (AvgIpc) is 2.98. The largest absolute Gasteiger partial charge is 0.509 e. The van der Waals surface area contributed by atoms with Crippen molar-refractivity contribution in [3.05, 3.63) is 40.6 Å². The van der Waals surface area contributed by atoms with Crippen LogP contribution in [0.3, 0.4) is 0 Å². The molecule has 1 spiro atoms. The molecule has 0 aliphatic carbocycles. The van der Waals surface area contributed by atoms with E-state index in [1.165, 1.54) is 0 Å². The van der Waals surface area contributed by atoms with Crippen LogP contribution in [0, 0.1) is 20.8 Å². The molecule has 26 heavy (non-hydrogen) atoms. The van der Waals surface area contributed by atoms with Crippen LogP contribution in [0.5, 0.6) is 0 Å². The SMILES string of the molecule is Cc1cc(C(=O)N2CCC3(CC2)COC(=O)O3)c2ccc(C)c(C)c2n1. The first-order valence-electron chi connectivity index (χ1n) is 8.91. The fourth-order valence-corrected chi connectivity index (χ4v) is 3.79. The quantitative estimate of drug-likeness (QED) is 0.735. The van der Waals surface area contributed by atoms with E-state index in [1.807, 2.05) is 36.9 Å². The van der Waals surface area contributed by atoms with E-state index in [0.29, 0.717) is 31.5 Å². The normalized spacial score (nSPS) is 18.9. The predicted octanol–water partition coefficient (Wildman–Crippen LogP) is 3.30. The number of rotatable bonds is 1. The van der Waals surface area contributed by atoms with E-state index in [9.17, 15) is 9.59 Å². The number of amides is 1. The van der Waals surface area contributed by atoms with E-state index < -0.39 is 11.8 Å². The van der Waals surface area contributed by atoms with Crippen LogP contribution < -0.4 is 0 Å². The molecule has 0 unspecified atom stereocenters. The van der Waals surface area contributed by atoms with Crippen LogP contribution in [0.4, 0.5) is 4.79 Å². The first-order chi connectivity index (χ1) is 12.4. The van der Waals surface area contributed by atoms with Gasteiger partial charge in [-0.15, -0.1) is 0 Å². The highest BCUT2D eigenvalue weighted by Gasteiger charge is 2.45. The van der Waals surface area contributed by atoms with Crippen molar-refractivity contribution in [2.45, 2.75) is 39.2 Å². The zero-order chi connectivity index (χ0) is 18.5. The summed E-state index contributed by atoms with van der Waals surface area (Å²) in [6, 6.07) is 5.88. The number of hydrogen-bond acceptors (Lipinski definition) is 5. The Morgan fingerprint density at radius 1 is 1.19 bits per heavy atom. The van der Waals surface area contributed by atoms with Crippen LogP contribution in [-0.4, -0.2) is 47.2 Å². The summed E-state index contributed by atoms with van der Waals surface area (Å²) in [4.78, 5) is 30.9. The fourth-order valence-electron chi connectivity index (χ4n) is 3.79. The lowest BCUT2D eigenvalue weighted by molar-refractivity contribution is 0.00287. The van der Waals surface area contributed by atoms with Crippen LogP contribution in [0.15, 0.2) is 18.2 Å². The number of fused-ring (bicyclic) bond motifs is 1. The van der Waals surface area contributed by atoms with E-state index in [0.717, 1.165) is 27.7 Å². The Balaban J connectivity index is 1.63. The third kappa shape index (κ3) is 2.69. The van der Waals surface area contributed by atoms with Crippen molar-refractivity contribution in [3.63, 3.8) is 0 Å². The molecule has 4 rings (SSSR count). The van der Waals surface area contributed by atoms with Gasteiger partial charge < -0.3 is 14.4 Å². The number of aryl methyl sites for hydroxylation is 3. The maximum atomic E-state index is 13.2. The molecule has 0 radical (unpaired) electrons. The molecule has 0 bridgehead atoms. The Hall–Kier alpha value is -2.63. The van der Waals surface area contributed by atoms with Crippen molar-refractivity contribution in [2.24, 2.45) is 0 Å². The Labute approximate surface area is 152 Å². The first-order valence-corrected chi connectivity index (χ1v) is 8.91. The molecule has 2 fully saturated rings. The molecular formula is C20H22N2O4. The minimum Gasteiger partial charge on any atom is -0.430 e. The maximum absolute atomic E-state index is 13.2. The van der Waals surface area contributed by atoms with Crippen LogP contribution in [0.2, 0.25) is 0 Å². The maximum Gasteiger partial charge on any atom is 0.509 e. The van der Waals surface area contributed by atoms with Gasteiger partial charge in [-0.25, -0.2) is 4.79 Å². The summed E-state index contributed by atoms with van der Waals surface area (Å²) in [5.41, 5.74) is 4.12. The minimum absolute atomic E-state index is 0.00356. The van der Waals surface area contributed by atoms with E-state index in [4.69, 9.17) is 9.47 Å². The number of pyridine rings is 1. The van der Waals surface area contributed by atoms with Crippen molar-refractivity contribution < 1.29 is 19.1 Å². The molecule has 2 aliphatic heterocycles. The molecule has 2 saturated heterocycles. The second kappa shape index (κ2) is 5.97. The summed E-state index contributed by atoms with van der Waals surface area (Å²) in [7, 11) is 0. The number of ether oxygens (including phenoxy) is 2. The van der Waals surface area contributed by atoms with Gasteiger partial charge >= 0.3 is 6.16 Å². The van der Waals surface area contributed by atoms with E-state index in [1.54, 1.807) is 0 Å². The molecule has 0 saturated carbocycles. The Kier molecular flexibility index (Phi) is 3.86. The zero-order valence-electron chi connectivity index (χ0n) is 15.3. The van der Waals surface area contributed by atoms with Gasteiger partial charge in [0, 0.05) is 37.0 Å². The van der Waals surface area contributed by atoms with Crippen LogP contribution in [-0.2, 0) is 9.47 Å². The van der Waals surface area contributed by atoms with Gasteiger partial charge in [-0.2, -0.15) is 0 Å². The van der Waals surface area contributed by atoms with Crippen molar-refractivity contribution in [2.75, 3.05) is 19.7 Å². The number of piperidine rings is 1. The molecule has 6 heteroatoms. The minimum atomic E-state index is -0.605. The summed E-state index contributed by atoms with van der Waals surface area (Å²) < 4.78 is 10.3. The number of carbonyl (C=O) groups is 2.